The third kappa shape index (κ3) is 5.52. The number of aliphatic hydroxyl groups is 1. The van der Waals surface area contributed by atoms with Gasteiger partial charge in [0, 0.05) is 37.2 Å². The normalized spacial score (nSPS) is 20.6. The zero-order valence-corrected chi connectivity index (χ0v) is 20.9. The molecule has 1 saturated carbocycles. The van der Waals surface area contributed by atoms with E-state index in [2.05, 4.69) is 16.8 Å². The van der Waals surface area contributed by atoms with E-state index in [9.17, 15) is 19.1 Å². The molecule has 1 aliphatic carbocycles. The largest absolute Gasteiger partial charge is 0.472 e. The Bertz CT molecular complexity index is 1190. The summed E-state index contributed by atoms with van der Waals surface area (Å²) in [5.74, 6) is 5.15. The Morgan fingerprint density at radius 1 is 1.33 bits per heavy atom. The van der Waals surface area contributed by atoms with Gasteiger partial charge in [-0.15, -0.1) is 0 Å². The first-order valence-electron chi connectivity index (χ1n) is 12.4. The molecule has 1 N–H and O–H groups in total. The lowest BCUT2D eigenvalue weighted by Gasteiger charge is -2.38. The van der Waals surface area contributed by atoms with Gasteiger partial charge < -0.3 is 19.6 Å². The minimum absolute atomic E-state index is 0.0762. The lowest BCUT2D eigenvalue weighted by molar-refractivity contribution is -0.138. The maximum absolute atomic E-state index is 14.0. The number of pyridine rings is 1. The number of hydrogen-bond acceptors (Lipinski definition) is 5. The highest BCUT2D eigenvalue weighted by atomic mass is 19.1. The van der Waals surface area contributed by atoms with Gasteiger partial charge in [-0.05, 0) is 38.0 Å². The quantitative estimate of drug-likeness (QED) is 0.648. The van der Waals surface area contributed by atoms with Gasteiger partial charge in [0.05, 0.1) is 24.8 Å². The van der Waals surface area contributed by atoms with Gasteiger partial charge >= 0.3 is 0 Å². The van der Waals surface area contributed by atoms with Crippen LogP contribution in [0.1, 0.15) is 54.6 Å². The third-order valence-corrected chi connectivity index (χ3v) is 7.02. The monoisotopic (exact) mass is 493 g/mol. The number of nitrogens with zero attached hydrogens (tertiary/aromatic N) is 3. The SMILES string of the molecule is C[C@H](CO)N1C[C@H](C)[C@H](CN(C)C(=O)C2CCC2)Oc2ncc(C#Cc3ccccc3F)cc2C1=O. The van der Waals surface area contributed by atoms with Gasteiger partial charge in [-0.2, -0.15) is 0 Å². The molecule has 8 heteroatoms. The predicted molar refractivity (Wildman–Crippen MR) is 133 cm³/mol. The van der Waals surface area contributed by atoms with Gasteiger partial charge in [-0.3, -0.25) is 9.59 Å². The summed E-state index contributed by atoms with van der Waals surface area (Å²) in [6.45, 7) is 4.27. The van der Waals surface area contributed by atoms with Crippen LogP contribution in [0.2, 0.25) is 0 Å². The number of ether oxygens (including phenoxy) is 1. The van der Waals surface area contributed by atoms with Crippen LogP contribution >= 0.6 is 0 Å². The predicted octanol–water partition coefficient (Wildman–Crippen LogP) is 3.10. The molecule has 0 bridgehead atoms. The number of aliphatic hydroxyl groups excluding tert-OH is 1. The van der Waals surface area contributed by atoms with Crippen LogP contribution < -0.4 is 4.74 Å². The van der Waals surface area contributed by atoms with E-state index in [1.54, 1.807) is 48.0 Å². The second-order valence-electron chi connectivity index (χ2n) is 9.78. The van der Waals surface area contributed by atoms with Crippen molar-refractivity contribution < 1.29 is 23.8 Å². The fraction of sp³-hybridized carbons (Fsp3) is 0.464. The molecule has 36 heavy (non-hydrogen) atoms. The van der Waals surface area contributed by atoms with Crippen molar-refractivity contribution >= 4 is 11.8 Å². The Morgan fingerprint density at radius 2 is 2.08 bits per heavy atom. The highest BCUT2D eigenvalue weighted by molar-refractivity contribution is 5.97. The highest BCUT2D eigenvalue weighted by Gasteiger charge is 2.36. The first-order valence-corrected chi connectivity index (χ1v) is 12.4. The second-order valence-corrected chi connectivity index (χ2v) is 9.78. The number of rotatable bonds is 5. The molecule has 1 fully saturated rings. The first-order chi connectivity index (χ1) is 17.3. The van der Waals surface area contributed by atoms with Crippen LogP contribution in [0, 0.1) is 29.5 Å². The summed E-state index contributed by atoms with van der Waals surface area (Å²) in [6, 6.07) is 7.37. The van der Waals surface area contributed by atoms with Crippen LogP contribution in [-0.2, 0) is 4.79 Å². The van der Waals surface area contributed by atoms with Crippen LogP contribution in [0.4, 0.5) is 4.39 Å². The summed E-state index contributed by atoms with van der Waals surface area (Å²) in [4.78, 5) is 34.0. The van der Waals surface area contributed by atoms with Crippen molar-refractivity contribution in [1.82, 2.24) is 14.8 Å². The summed E-state index contributed by atoms with van der Waals surface area (Å²) in [5.41, 5.74) is 0.906. The molecule has 3 atom stereocenters. The average Bonchev–Trinajstić information content (AvgIpc) is 2.84. The number of carbonyl (C=O) groups is 2. The molecule has 2 aliphatic rings. The van der Waals surface area contributed by atoms with Gasteiger partial charge in [0.1, 0.15) is 17.5 Å². The number of fused-ring (bicyclic) bond motifs is 1. The van der Waals surface area contributed by atoms with Crippen molar-refractivity contribution in [2.45, 2.75) is 45.3 Å². The molecule has 1 aromatic heterocycles. The van der Waals surface area contributed by atoms with E-state index in [1.165, 1.54) is 12.3 Å². The maximum Gasteiger partial charge on any atom is 0.259 e. The number of amides is 2. The van der Waals surface area contributed by atoms with Crippen LogP contribution in [0.25, 0.3) is 0 Å². The summed E-state index contributed by atoms with van der Waals surface area (Å²) < 4.78 is 20.2. The summed E-state index contributed by atoms with van der Waals surface area (Å²) in [5, 5.41) is 9.82. The van der Waals surface area contributed by atoms with E-state index in [1.807, 2.05) is 6.92 Å². The smallest absolute Gasteiger partial charge is 0.259 e. The molecule has 2 aromatic rings. The van der Waals surface area contributed by atoms with Crippen molar-refractivity contribution in [2.75, 3.05) is 26.7 Å². The van der Waals surface area contributed by atoms with Crippen molar-refractivity contribution in [3.05, 3.63) is 59.0 Å². The molecule has 7 nitrogen and oxygen atoms in total. The Morgan fingerprint density at radius 3 is 2.75 bits per heavy atom. The molecular formula is C28H32FN3O4. The maximum atomic E-state index is 14.0. The van der Waals surface area contributed by atoms with Crippen molar-refractivity contribution in [1.29, 1.82) is 0 Å². The molecule has 0 saturated heterocycles. The Hall–Kier alpha value is -3.44. The lowest BCUT2D eigenvalue weighted by Crippen LogP contribution is -2.51. The number of aromatic nitrogens is 1. The fourth-order valence-corrected chi connectivity index (χ4v) is 4.42. The van der Waals surface area contributed by atoms with Gasteiger partial charge in [0.15, 0.2) is 0 Å². The molecule has 0 spiro atoms. The number of halogens is 1. The van der Waals surface area contributed by atoms with E-state index < -0.39 is 18.0 Å². The van der Waals surface area contributed by atoms with E-state index in [-0.39, 0.29) is 47.3 Å². The zero-order valence-electron chi connectivity index (χ0n) is 20.9. The minimum Gasteiger partial charge on any atom is -0.472 e. The number of hydrogen-bond donors (Lipinski definition) is 1. The number of carbonyl (C=O) groups excluding carboxylic acids is 2. The van der Waals surface area contributed by atoms with Gasteiger partial charge in [-0.1, -0.05) is 37.3 Å². The van der Waals surface area contributed by atoms with E-state index in [4.69, 9.17) is 4.74 Å². The number of benzene rings is 1. The molecular weight excluding hydrogens is 461 g/mol. The van der Waals surface area contributed by atoms with E-state index >= 15 is 0 Å². The second kappa shape index (κ2) is 11.1. The summed E-state index contributed by atoms with van der Waals surface area (Å²) >= 11 is 0. The highest BCUT2D eigenvalue weighted by Crippen LogP contribution is 2.30. The van der Waals surface area contributed by atoms with Crippen LogP contribution in [0.5, 0.6) is 5.88 Å². The Kier molecular flexibility index (Phi) is 7.90. The molecule has 1 aromatic carbocycles. The van der Waals surface area contributed by atoms with Crippen LogP contribution in [0.15, 0.2) is 36.5 Å². The molecule has 0 radical (unpaired) electrons. The molecule has 4 rings (SSSR count). The van der Waals surface area contributed by atoms with E-state index in [0.717, 1.165) is 19.3 Å². The van der Waals surface area contributed by atoms with Gasteiger partial charge in [-0.25, -0.2) is 9.37 Å². The lowest BCUT2D eigenvalue weighted by atomic mass is 9.84. The zero-order chi connectivity index (χ0) is 25.8. The van der Waals surface area contributed by atoms with Gasteiger partial charge in [0.2, 0.25) is 11.8 Å². The first kappa shape index (κ1) is 25.6. The van der Waals surface area contributed by atoms with Gasteiger partial charge in [0.25, 0.3) is 5.91 Å². The standard InChI is InChI=1S/C28H32FN3O4/c1-18-15-32(19(2)17-33)28(35)23-13-20(11-12-21-7-4-5-10-24(21)29)14-30-26(23)36-25(18)16-31(3)27(34)22-8-6-9-22/h4-5,7,10,13-14,18-19,22,25,33H,6,8-9,15-17H2,1-3H3/t18-,19+,25-/m0/s1. The van der Waals surface area contributed by atoms with Crippen molar-refractivity contribution in [3.8, 4) is 17.7 Å². The fourth-order valence-electron chi connectivity index (χ4n) is 4.42. The molecule has 0 unspecified atom stereocenters. The molecule has 1 aliphatic heterocycles. The molecule has 190 valence electrons. The third-order valence-electron chi connectivity index (χ3n) is 7.02. The van der Waals surface area contributed by atoms with Crippen molar-refractivity contribution in [2.24, 2.45) is 11.8 Å². The Balaban J connectivity index is 1.65. The summed E-state index contributed by atoms with van der Waals surface area (Å²) in [6.07, 6.45) is 4.01. The number of likely N-dealkylation sites (N-methyl/N-ethyl adjacent to an activating group) is 1. The topological polar surface area (TPSA) is 83.0 Å². The summed E-state index contributed by atoms with van der Waals surface area (Å²) in [7, 11) is 1.78. The van der Waals surface area contributed by atoms with Crippen molar-refractivity contribution in [3.63, 3.8) is 0 Å². The Labute approximate surface area is 211 Å². The molecule has 2 amide bonds. The van der Waals surface area contributed by atoms with Crippen LogP contribution in [0.3, 0.4) is 0 Å². The molecule has 2 heterocycles. The van der Waals surface area contributed by atoms with Crippen LogP contribution in [-0.4, -0.2) is 70.6 Å². The average molecular weight is 494 g/mol. The van der Waals surface area contributed by atoms with E-state index in [0.29, 0.717) is 18.7 Å². The minimum atomic E-state index is -0.427.